The molecule has 0 aliphatic rings. The van der Waals surface area contributed by atoms with Crippen LogP contribution < -0.4 is 16.4 Å². The van der Waals surface area contributed by atoms with Crippen LogP contribution in [0.1, 0.15) is 55.7 Å². The maximum absolute atomic E-state index is 3.83. The van der Waals surface area contributed by atoms with Gasteiger partial charge in [-0.3, -0.25) is 5.82 Å². The van der Waals surface area contributed by atoms with Gasteiger partial charge >= 0.3 is 0 Å². The Balaban J connectivity index is 2.17. The SMILES string of the molecule is CCCCCCC#C[B-](c1ccc(C)cc1)(c1ccc(C)cc1)c1ccc(C)cc1. The number of hydrogen-bond donors (Lipinski definition) is 0. The molecule has 0 amide bonds. The molecule has 0 N–H and O–H groups in total. The van der Waals surface area contributed by atoms with Crippen molar-refractivity contribution in [3.05, 3.63) is 89.5 Å². The molecule has 0 heterocycles. The predicted octanol–water partition coefficient (Wildman–Crippen LogP) is 5.60. The first-order valence-electron chi connectivity index (χ1n) is 11.4. The van der Waals surface area contributed by atoms with Gasteiger partial charge in [0.1, 0.15) is 6.15 Å². The van der Waals surface area contributed by atoms with Gasteiger partial charge in [-0.05, 0) is 27.2 Å². The second-order valence-corrected chi connectivity index (χ2v) is 8.73. The maximum Gasteiger partial charge on any atom is 0.149 e. The van der Waals surface area contributed by atoms with E-state index in [-0.39, 0.29) is 0 Å². The molecule has 0 spiro atoms. The van der Waals surface area contributed by atoms with Gasteiger partial charge in [-0.25, -0.2) is 0 Å². The van der Waals surface area contributed by atoms with Crippen molar-refractivity contribution in [3.8, 4) is 11.7 Å². The Hall–Kier alpha value is -2.72. The molecule has 0 aliphatic heterocycles. The standard InChI is InChI=1S/C29H34B/c1-5-6-7-8-9-10-23-30(27-17-11-24(2)12-18-27,28-19-13-25(3)14-20-28)29-21-15-26(4)16-22-29/h11-22H,5-9H2,1-4H3/q-1. The molecule has 0 unspecified atom stereocenters. The zero-order chi connectivity index (χ0) is 21.4. The molecule has 3 aromatic rings. The smallest absolute Gasteiger partial charge is 0.149 e. The summed E-state index contributed by atoms with van der Waals surface area (Å²) in [5.41, 5.74) is 7.74. The van der Waals surface area contributed by atoms with Crippen LogP contribution in [-0.2, 0) is 0 Å². The van der Waals surface area contributed by atoms with Crippen LogP contribution in [0.5, 0.6) is 0 Å². The van der Waals surface area contributed by atoms with Crippen molar-refractivity contribution in [2.75, 3.05) is 0 Å². The van der Waals surface area contributed by atoms with Gasteiger partial charge in [-0.15, -0.1) is 5.92 Å². The molecule has 0 aromatic heterocycles. The zero-order valence-electron chi connectivity index (χ0n) is 19.0. The molecule has 0 aliphatic carbocycles. The van der Waals surface area contributed by atoms with E-state index < -0.39 is 6.15 Å². The van der Waals surface area contributed by atoms with E-state index in [0.717, 1.165) is 6.42 Å². The van der Waals surface area contributed by atoms with Crippen molar-refractivity contribution in [2.45, 2.75) is 59.8 Å². The minimum absolute atomic E-state index is 0.965. The summed E-state index contributed by atoms with van der Waals surface area (Å²) in [5.74, 6) is 7.43. The molecule has 3 rings (SSSR count). The van der Waals surface area contributed by atoms with E-state index >= 15 is 0 Å². The molecule has 154 valence electrons. The Kier molecular flexibility index (Phi) is 7.59. The normalized spacial score (nSPS) is 11.1. The van der Waals surface area contributed by atoms with Gasteiger partial charge < -0.3 is 0 Å². The minimum Gasteiger partial charge on any atom is -0.297 e. The fraction of sp³-hybridized carbons (Fsp3) is 0.310. The van der Waals surface area contributed by atoms with Gasteiger partial charge in [0.15, 0.2) is 0 Å². The fourth-order valence-corrected chi connectivity index (χ4v) is 4.26. The highest BCUT2D eigenvalue weighted by atomic mass is 14.1. The number of hydrogen-bond acceptors (Lipinski definition) is 0. The van der Waals surface area contributed by atoms with Crippen molar-refractivity contribution in [3.63, 3.8) is 0 Å². The van der Waals surface area contributed by atoms with Crippen molar-refractivity contribution < 1.29 is 0 Å². The van der Waals surface area contributed by atoms with E-state index in [2.05, 4.69) is 112 Å². The third kappa shape index (κ3) is 5.06. The summed E-state index contributed by atoms with van der Waals surface area (Å²) in [6, 6.07) is 27.0. The lowest BCUT2D eigenvalue weighted by molar-refractivity contribution is 0.680. The summed E-state index contributed by atoms with van der Waals surface area (Å²) in [7, 11) is 0. The van der Waals surface area contributed by atoms with E-state index in [9.17, 15) is 0 Å². The van der Waals surface area contributed by atoms with Crippen LogP contribution in [0, 0.1) is 32.5 Å². The highest BCUT2D eigenvalue weighted by molar-refractivity contribution is 7.16. The first kappa shape index (κ1) is 22.0. The molecule has 0 fully saturated rings. The lowest BCUT2D eigenvalue weighted by Crippen LogP contribution is -2.66. The van der Waals surface area contributed by atoms with Gasteiger partial charge in [0, 0.05) is 6.42 Å². The Morgan fingerprint density at radius 2 is 0.967 bits per heavy atom. The number of unbranched alkanes of at least 4 members (excludes halogenated alkanes) is 4. The van der Waals surface area contributed by atoms with Gasteiger partial charge in [0.25, 0.3) is 0 Å². The van der Waals surface area contributed by atoms with Crippen molar-refractivity contribution >= 4 is 22.5 Å². The molecular formula is C29H34B-. The number of rotatable bonds is 7. The largest absolute Gasteiger partial charge is 0.297 e. The Labute approximate surface area is 183 Å². The molecule has 3 aromatic carbocycles. The van der Waals surface area contributed by atoms with Crippen LogP contribution in [0.15, 0.2) is 72.8 Å². The van der Waals surface area contributed by atoms with Crippen LogP contribution in [0.3, 0.4) is 0 Å². The van der Waals surface area contributed by atoms with Gasteiger partial charge in [-0.2, -0.15) is 16.4 Å². The van der Waals surface area contributed by atoms with Crippen molar-refractivity contribution in [1.82, 2.24) is 0 Å². The van der Waals surface area contributed by atoms with Crippen LogP contribution >= 0.6 is 0 Å². The molecule has 30 heavy (non-hydrogen) atoms. The molecule has 0 atom stereocenters. The molecule has 0 saturated carbocycles. The van der Waals surface area contributed by atoms with E-state index in [1.165, 1.54) is 58.8 Å². The second-order valence-electron chi connectivity index (χ2n) is 8.73. The highest BCUT2D eigenvalue weighted by Crippen LogP contribution is 2.11. The second kappa shape index (κ2) is 10.4. The summed E-state index contributed by atoms with van der Waals surface area (Å²) in [5, 5.41) is 0. The number of benzene rings is 3. The van der Waals surface area contributed by atoms with Crippen LogP contribution in [-0.4, -0.2) is 6.15 Å². The van der Waals surface area contributed by atoms with Crippen LogP contribution in [0.4, 0.5) is 0 Å². The van der Waals surface area contributed by atoms with Crippen molar-refractivity contribution in [1.29, 1.82) is 0 Å². The number of aryl methyl sites for hydroxylation is 3. The van der Waals surface area contributed by atoms with Crippen LogP contribution in [0.2, 0.25) is 0 Å². The van der Waals surface area contributed by atoms with E-state index in [1.54, 1.807) is 0 Å². The lowest BCUT2D eigenvalue weighted by atomic mass is 9.16. The highest BCUT2D eigenvalue weighted by Gasteiger charge is 2.28. The summed E-state index contributed by atoms with van der Waals surface area (Å²) >= 11 is 0. The maximum atomic E-state index is 3.83. The minimum atomic E-state index is -1.34. The zero-order valence-corrected chi connectivity index (χ0v) is 19.0. The Morgan fingerprint density at radius 3 is 1.33 bits per heavy atom. The summed E-state index contributed by atoms with van der Waals surface area (Å²) < 4.78 is 0. The average molecular weight is 393 g/mol. The Bertz CT molecular complexity index is 873. The molecule has 0 nitrogen and oxygen atoms in total. The molecular weight excluding hydrogens is 359 g/mol. The quantitative estimate of drug-likeness (QED) is 0.279. The van der Waals surface area contributed by atoms with Crippen molar-refractivity contribution in [2.24, 2.45) is 0 Å². The third-order valence-electron chi connectivity index (χ3n) is 6.21. The monoisotopic (exact) mass is 393 g/mol. The third-order valence-corrected chi connectivity index (χ3v) is 6.21. The van der Waals surface area contributed by atoms with Gasteiger partial charge in [-0.1, -0.05) is 116 Å². The first-order chi connectivity index (χ1) is 14.6. The van der Waals surface area contributed by atoms with Gasteiger partial charge in [0.2, 0.25) is 0 Å². The molecule has 1 heteroatoms. The van der Waals surface area contributed by atoms with Gasteiger partial charge in [0.05, 0.1) is 0 Å². The topological polar surface area (TPSA) is 0 Å². The summed E-state index contributed by atoms with van der Waals surface area (Å²) in [4.78, 5) is 0. The van der Waals surface area contributed by atoms with E-state index in [4.69, 9.17) is 0 Å². The Morgan fingerprint density at radius 1 is 0.567 bits per heavy atom. The molecule has 0 bridgehead atoms. The lowest BCUT2D eigenvalue weighted by Gasteiger charge is -2.39. The fourth-order valence-electron chi connectivity index (χ4n) is 4.26. The predicted molar refractivity (Wildman–Crippen MR) is 135 cm³/mol. The average Bonchev–Trinajstić information content (AvgIpc) is 2.76. The van der Waals surface area contributed by atoms with E-state index in [0.29, 0.717) is 0 Å². The summed E-state index contributed by atoms with van der Waals surface area (Å²) in [6.45, 7) is 8.70. The molecule has 0 saturated heterocycles. The molecule has 0 radical (unpaired) electrons. The van der Waals surface area contributed by atoms with Crippen LogP contribution in [0.25, 0.3) is 0 Å². The van der Waals surface area contributed by atoms with E-state index in [1.807, 2.05) is 0 Å². The first-order valence-corrected chi connectivity index (χ1v) is 11.4. The summed E-state index contributed by atoms with van der Waals surface area (Å²) in [6.07, 6.45) is 4.63.